The van der Waals surface area contributed by atoms with Gasteiger partial charge in [0.05, 0.1) is 4.92 Å². The van der Waals surface area contributed by atoms with Gasteiger partial charge in [-0.25, -0.2) is 0 Å². The zero-order valence-corrected chi connectivity index (χ0v) is 8.52. The second-order valence-corrected chi connectivity index (χ2v) is 3.96. The number of nitro groups is 1. The van der Waals surface area contributed by atoms with Crippen LogP contribution in [0.3, 0.4) is 0 Å². The Balaban J connectivity index is 3.25. The first-order chi connectivity index (χ1) is 6.79. The van der Waals surface area contributed by atoms with Gasteiger partial charge in [0.25, 0.3) is 0 Å². The molecule has 0 aliphatic rings. The van der Waals surface area contributed by atoms with Crippen LogP contribution in [0.5, 0.6) is 5.75 Å². The van der Waals surface area contributed by atoms with E-state index in [-0.39, 0.29) is 5.75 Å². The quantitative estimate of drug-likeness (QED) is 0.601. The lowest BCUT2D eigenvalue weighted by molar-refractivity contribution is -0.385. The maximum absolute atomic E-state index is 10.6. The molecule has 0 aromatic heterocycles. The van der Waals surface area contributed by atoms with Crippen LogP contribution in [0.2, 0.25) is 0 Å². The topological polar surface area (TPSA) is 113 Å². The summed E-state index contributed by atoms with van der Waals surface area (Å²) in [5.74, 6) is -0.387. The van der Waals surface area contributed by atoms with Crippen LogP contribution < -0.4 is 9.32 Å². The molecule has 0 bridgehead atoms. The molecule has 0 unspecified atom stereocenters. The Bertz CT molecular complexity index is 496. The molecule has 0 spiro atoms. The van der Waals surface area contributed by atoms with Crippen LogP contribution in [0.1, 0.15) is 5.56 Å². The zero-order valence-electron chi connectivity index (χ0n) is 7.71. The van der Waals surface area contributed by atoms with Crippen LogP contribution in [0, 0.1) is 17.0 Å². The van der Waals surface area contributed by atoms with E-state index in [0.29, 0.717) is 5.56 Å². The van der Waals surface area contributed by atoms with E-state index in [2.05, 4.69) is 9.32 Å². The van der Waals surface area contributed by atoms with E-state index in [1.807, 2.05) is 0 Å². The molecule has 1 aromatic rings. The predicted octanol–water partition coefficient (Wildman–Crippen LogP) is 0.486. The first-order valence-corrected chi connectivity index (χ1v) is 5.24. The van der Waals surface area contributed by atoms with E-state index < -0.39 is 20.9 Å². The molecule has 0 saturated carbocycles. The zero-order chi connectivity index (χ0) is 11.6. The molecule has 0 aliphatic heterocycles. The molecule has 0 fully saturated rings. The van der Waals surface area contributed by atoms with Crippen molar-refractivity contribution in [1.82, 2.24) is 0 Å². The van der Waals surface area contributed by atoms with E-state index in [9.17, 15) is 18.5 Å². The summed E-state index contributed by atoms with van der Waals surface area (Å²) in [6, 6.07) is 3.84. The summed E-state index contributed by atoms with van der Waals surface area (Å²) in [6.45, 7) is 1.64. The van der Waals surface area contributed by atoms with Crippen molar-refractivity contribution < 1.29 is 17.5 Å². The normalized spacial score (nSPS) is 11.1. The molecular weight excluding hydrogens is 224 g/mol. The van der Waals surface area contributed by atoms with E-state index in [0.717, 1.165) is 6.07 Å². The largest absolute Gasteiger partial charge is 0.380 e. The minimum absolute atomic E-state index is 0.387. The molecule has 1 rings (SSSR count). The molecule has 0 aliphatic carbocycles. The van der Waals surface area contributed by atoms with Gasteiger partial charge >= 0.3 is 16.0 Å². The summed E-state index contributed by atoms with van der Waals surface area (Å²) in [5.41, 5.74) is 0.175. The Kier molecular flexibility index (Phi) is 2.91. The van der Waals surface area contributed by atoms with Crippen molar-refractivity contribution >= 4 is 16.0 Å². The van der Waals surface area contributed by atoms with Gasteiger partial charge in [-0.2, -0.15) is 13.6 Å². The van der Waals surface area contributed by atoms with Crippen molar-refractivity contribution in [1.29, 1.82) is 0 Å². The molecule has 0 atom stereocenters. The number of nitrogens with zero attached hydrogens (tertiary/aromatic N) is 1. The van der Waals surface area contributed by atoms with Crippen LogP contribution in [0.4, 0.5) is 5.69 Å². The predicted molar refractivity (Wildman–Crippen MR) is 51.6 cm³/mol. The van der Waals surface area contributed by atoms with Crippen molar-refractivity contribution in [2.75, 3.05) is 0 Å². The lowest BCUT2D eigenvalue weighted by Gasteiger charge is -2.03. The lowest BCUT2D eigenvalue weighted by Crippen LogP contribution is -2.19. The number of nitrogens with two attached hydrogens (primary N) is 1. The average Bonchev–Trinajstić information content (AvgIpc) is 1.99. The highest BCUT2D eigenvalue weighted by atomic mass is 32.2. The minimum Gasteiger partial charge on any atom is -0.364 e. The molecule has 82 valence electrons. The number of nitro benzene ring substituents is 1. The van der Waals surface area contributed by atoms with Gasteiger partial charge in [0.2, 0.25) is 5.75 Å². The number of hydrogen-bond acceptors (Lipinski definition) is 5. The highest BCUT2D eigenvalue weighted by Gasteiger charge is 2.18. The van der Waals surface area contributed by atoms with Crippen LogP contribution in [0.15, 0.2) is 18.2 Å². The lowest BCUT2D eigenvalue weighted by atomic mass is 10.2. The monoisotopic (exact) mass is 232 g/mol. The van der Waals surface area contributed by atoms with Crippen LogP contribution in [-0.4, -0.2) is 13.3 Å². The standard InChI is InChI=1S/C7H8N2O5S/c1-5-2-3-6(9(10)11)7(4-5)14-15(8,12)13/h2-4H,1H3,(H2,8,12,13). The summed E-state index contributed by atoms with van der Waals surface area (Å²) >= 11 is 0. The Morgan fingerprint density at radius 2 is 2.07 bits per heavy atom. The maximum atomic E-state index is 10.6. The SMILES string of the molecule is Cc1ccc([N+](=O)[O-])c(OS(N)(=O)=O)c1. The van der Waals surface area contributed by atoms with Gasteiger partial charge in [0.15, 0.2) is 0 Å². The number of benzene rings is 1. The molecule has 0 radical (unpaired) electrons. The first-order valence-electron chi connectivity index (χ1n) is 3.77. The van der Waals surface area contributed by atoms with Crippen molar-refractivity contribution in [2.24, 2.45) is 5.14 Å². The van der Waals surface area contributed by atoms with Crippen LogP contribution in [-0.2, 0) is 10.3 Å². The first kappa shape index (κ1) is 11.4. The Hall–Kier alpha value is -1.67. The summed E-state index contributed by atoms with van der Waals surface area (Å²) < 4.78 is 25.5. The molecule has 15 heavy (non-hydrogen) atoms. The number of hydrogen-bond donors (Lipinski definition) is 1. The fourth-order valence-electron chi connectivity index (χ4n) is 0.964. The van der Waals surface area contributed by atoms with E-state index in [1.54, 1.807) is 6.92 Å². The fraction of sp³-hybridized carbons (Fsp3) is 0.143. The van der Waals surface area contributed by atoms with E-state index >= 15 is 0 Å². The minimum atomic E-state index is -4.25. The van der Waals surface area contributed by atoms with Crippen molar-refractivity contribution in [2.45, 2.75) is 6.92 Å². The van der Waals surface area contributed by atoms with Crippen molar-refractivity contribution in [3.05, 3.63) is 33.9 Å². The molecule has 7 nitrogen and oxygen atoms in total. The van der Waals surface area contributed by atoms with Gasteiger partial charge in [-0.05, 0) is 18.6 Å². The second-order valence-electron chi connectivity index (χ2n) is 2.80. The Morgan fingerprint density at radius 1 is 1.47 bits per heavy atom. The van der Waals surface area contributed by atoms with E-state index in [4.69, 9.17) is 0 Å². The molecule has 2 N–H and O–H groups in total. The highest BCUT2D eigenvalue weighted by molar-refractivity contribution is 7.84. The van der Waals surface area contributed by atoms with Gasteiger partial charge in [0.1, 0.15) is 0 Å². The van der Waals surface area contributed by atoms with Crippen molar-refractivity contribution in [3.63, 3.8) is 0 Å². The molecule has 8 heteroatoms. The molecule has 0 amide bonds. The van der Waals surface area contributed by atoms with Crippen LogP contribution >= 0.6 is 0 Å². The molecule has 0 saturated heterocycles. The third-order valence-corrected chi connectivity index (χ3v) is 1.93. The fourth-order valence-corrected chi connectivity index (χ4v) is 1.35. The van der Waals surface area contributed by atoms with E-state index in [1.165, 1.54) is 12.1 Å². The molecular formula is C7H8N2O5S. The van der Waals surface area contributed by atoms with Gasteiger partial charge in [0, 0.05) is 6.07 Å². The molecule has 1 aromatic carbocycles. The van der Waals surface area contributed by atoms with Gasteiger partial charge in [-0.1, -0.05) is 6.07 Å². The summed E-state index contributed by atoms with van der Waals surface area (Å²) in [6.07, 6.45) is 0. The third-order valence-electron chi connectivity index (χ3n) is 1.52. The van der Waals surface area contributed by atoms with Gasteiger partial charge in [-0.15, -0.1) is 0 Å². The maximum Gasteiger partial charge on any atom is 0.380 e. The van der Waals surface area contributed by atoms with Crippen molar-refractivity contribution in [3.8, 4) is 5.75 Å². The van der Waals surface area contributed by atoms with Gasteiger partial charge in [-0.3, -0.25) is 10.1 Å². The Morgan fingerprint density at radius 3 is 2.53 bits per heavy atom. The second kappa shape index (κ2) is 3.83. The average molecular weight is 232 g/mol. The summed E-state index contributed by atoms with van der Waals surface area (Å²) in [7, 11) is -4.25. The smallest absolute Gasteiger partial charge is 0.364 e. The summed E-state index contributed by atoms with van der Waals surface area (Å²) in [5, 5.41) is 15.1. The van der Waals surface area contributed by atoms with Crippen LogP contribution in [0.25, 0.3) is 0 Å². The summed E-state index contributed by atoms with van der Waals surface area (Å²) in [4.78, 5) is 9.76. The highest BCUT2D eigenvalue weighted by Crippen LogP contribution is 2.28. The Labute approximate surface area is 85.9 Å². The number of rotatable bonds is 3. The third kappa shape index (κ3) is 3.18. The number of aryl methyl sites for hydroxylation is 1. The molecule has 0 heterocycles. The van der Waals surface area contributed by atoms with Gasteiger partial charge < -0.3 is 4.18 Å².